The van der Waals surface area contributed by atoms with Gasteiger partial charge in [-0.2, -0.15) is 0 Å². The topological polar surface area (TPSA) is 40.5 Å². The number of carbonyl (C=O) groups is 1. The first-order chi connectivity index (χ1) is 8.24. The second-order valence-corrected chi connectivity index (χ2v) is 3.76. The number of methoxy groups -OCH3 is 2. The molecule has 0 bridgehead atoms. The van der Waals surface area contributed by atoms with Crippen LogP contribution in [-0.2, 0) is 16.1 Å². The quantitative estimate of drug-likeness (QED) is 0.760. The van der Waals surface area contributed by atoms with Crippen LogP contribution in [0.1, 0.15) is 6.42 Å². The van der Waals surface area contributed by atoms with E-state index in [4.69, 9.17) is 4.74 Å². The highest BCUT2D eigenvalue weighted by molar-refractivity contribution is 5.81. The maximum absolute atomic E-state index is 11.1. The minimum absolute atomic E-state index is 0.194. The lowest BCUT2D eigenvalue weighted by Crippen LogP contribution is -2.05. The Kier molecular flexibility index (Phi) is 3.32. The van der Waals surface area contributed by atoms with Gasteiger partial charge in [0, 0.05) is 23.6 Å². The summed E-state index contributed by atoms with van der Waals surface area (Å²) in [7, 11) is 3.05. The minimum Gasteiger partial charge on any atom is -0.497 e. The Balaban J connectivity index is 2.21. The smallest absolute Gasteiger partial charge is 0.307 e. The summed E-state index contributed by atoms with van der Waals surface area (Å²) in [6.07, 6.45) is 2.35. The third-order valence-corrected chi connectivity index (χ3v) is 2.76. The number of ether oxygens (including phenoxy) is 2. The van der Waals surface area contributed by atoms with E-state index < -0.39 is 0 Å². The Labute approximate surface area is 99.7 Å². The van der Waals surface area contributed by atoms with E-state index >= 15 is 0 Å². The number of carbonyl (C=O) groups excluding carboxylic acids is 1. The molecule has 0 spiro atoms. The van der Waals surface area contributed by atoms with E-state index in [1.54, 1.807) is 7.11 Å². The van der Waals surface area contributed by atoms with Crippen LogP contribution in [-0.4, -0.2) is 24.8 Å². The number of aryl methyl sites for hydroxylation is 1. The first-order valence-electron chi connectivity index (χ1n) is 5.44. The number of rotatable bonds is 4. The van der Waals surface area contributed by atoms with Gasteiger partial charge in [0.2, 0.25) is 0 Å². The van der Waals surface area contributed by atoms with Gasteiger partial charge < -0.3 is 14.0 Å². The van der Waals surface area contributed by atoms with Crippen LogP contribution in [0.2, 0.25) is 0 Å². The molecule has 0 fully saturated rings. The summed E-state index contributed by atoms with van der Waals surface area (Å²) in [5.41, 5.74) is 1.09. The van der Waals surface area contributed by atoms with Gasteiger partial charge in [-0.3, -0.25) is 4.79 Å². The predicted octanol–water partition coefficient (Wildman–Crippen LogP) is 2.21. The van der Waals surface area contributed by atoms with Gasteiger partial charge in [0.15, 0.2) is 0 Å². The Morgan fingerprint density at radius 1 is 1.29 bits per heavy atom. The highest BCUT2D eigenvalue weighted by atomic mass is 16.5. The van der Waals surface area contributed by atoms with Crippen LogP contribution in [0.5, 0.6) is 5.75 Å². The van der Waals surface area contributed by atoms with Crippen molar-refractivity contribution in [2.75, 3.05) is 14.2 Å². The molecule has 0 saturated heterocycles. The van der Waals surface area contributed by atoms with Gasteiger partial charge in [-0.05, 0) is 24.3 Å². The van der Waals surface area contributed by atoms with Gasteiger partial charge in [-0.25, -0.2) is 0 Å². The molecule has 1 heterocycles. The lowest BCUT2D eigenvalue weighted by molar-refractivity contribution is -0.140. The number of hydrogen-bond donors (Lipinski definition) is 0. The molecule has 0 radical (unpaired) electrons. The molecule has 17 heavy (non-hydrogen) atoms. The average Bonchev–Trinajstić information content (AvgIpc) is 2.77. The first-order valence-corrected chi connectivity index (χ1v) is 5.44. The third kappa shape index (κ3) is 2.41. The maximum Gasteiger partial charge on any atom is 0.307 e. The predicted molar refractivity (Wildman–Crippen MR) is 65.1 cm³/mol. The summed E-state index contributed by atoms with van der Waals surface area (Å²) < 4.78 is 11.8. The van der Waals surface area contributed by atoms with Crippen molar-refractivity contribution in [2.45, 2.75) is 13.0 Å². The zero-order chi connectivity index (χ0) is 12.3. The fraction of sp³-hybridized carbons (Fsp3) is 0.308. The molecular weight excluding hydrogens is 218 g/mol. The molecule has 0 N–H and O–H groups in total. The Hall–Kier alpha value is -1.97. The lowest BCUT2D eigenvalue weighted by atomic mass is 10.2. The van der Waals surface area contributed by atoms with Crippen molar-refractivity contribution in [3.05, 3.63) is 30.5 Å². The molecule has 4 heteroatoms. The zero-order valence-electron chi connectivity index (χ0n) is 9.97. The monoisotopic (exact) mass is 233 g/mol. The summed E-state index contributed by atoms with van der Waals surface area (Å²) in [4.78, 5) is 11.1. The molecule has 0 saturated carbocycles. The SMILES string of the molecule is COC(=O)CCn1ccc2cc(OC)ccc21. The minimum atomic E-state index is -0.194. The van der Waals surface area contributed by atoms with Crippen LogP contribution >= 0.6 is 0 Å². The average molecular weight is 233 g/mol. The molecule has 0 aliphatic heterocycles. The Bertz CT molecular complexity index is 530. The fourth-order valence-electron chi connectivity index (χ4n) is 1.81. The van der Waals surface area contributed by atoms with Crippen molar-refractivity contribution < 1.29 is 14.3 Å². The molecule has 2 rings (SSSR count). The van der Waals surface area contributed by atoms with E-state index in [1.807, 2.05) is 35.0 Å². The van der Waals surface area contributed by atoms with Crippen LogP contribution in [0, 0.1) is 0 Å². The summed E-state index contributed by atoms with van der Waals surface area (Å²) in [5.74, 6) is 0.642. The largest absolute Gasteiger partial charge is 0.497 e. The molecule has 90 valence electrons. The molecule has 0 atom stereocenters. The lowest BCUT2D eigenvalue weighted by Gasteiger charge is -2.05. The van der Waals surface area contributed by atoms with E-state index in [2.05, 4.69) is 4.74 Å². The van der Waals surface area contributed by atoms with E-state index in [1.165, 1.54) is 7.11 Å². The number of benzene rings is 1. The zero-order valence-corrected chi connectivity index (χ0v) is 9.97. The van der Waals surface area contributed by atoms with Crippen LogP contribution in [0.4, 0.5) is 0 Å². The summed E-state index contributed by atoms with van der Waals surface area (Å²) in [6.45, 7) is 0.627. The third-order valence-electron chi connectivity index (χ3n) is 2.76. The number of esters is 1. The number of fused-ring (bicyclic) bond motifs is 1. The van der Waals surface area contributed by atoms with Crippen molar-refractivity contribution in [2.24, 2.45) is 0 Å². The van der Waals surface area contributed by atoms with E-state index in [9.17, 15) is 4.79 Å². The molecule has 0 aliphatic rings. The molecule has 0 amide bonds. The van der Waals surface area contributed by atoms with Gasteiger partial charge in [-0.15, -0.1) is 0 Å². The second kappa shape index (κ2) is 4.91. The molecule has 1 aromatic carbocycles. The summed E-state index contributed by atoms with van der Waals surface area (Å²) >= 11 is 0. The van der Waals surface area contributed by atoms with Crippen LogP contribution in [0.25, 0.3) is 10.9 Å². The van der Waals surface area contributed by atoms with E-state index in [0.29, 0.717) is 13.0 Å². The first kappa shape index (κ1) is 11.5. The van der Waals surface area contributed by atoms with E-state index in [-0.39, 0.29) is 5.97 Å². The van der Waals surface area contributed by atoms with Crippen molar-refractivity contribution >= 4 is 16.9 Å². The molecule has 1 aromatic heterocycles. The Morgan fingerprint density at radius 2 is 2.12 bits per heavy atom. The number of nitrogens with zero attached hydrogens (tertiary/aromatic N) is 1. The number of aromatic nitrogens is 1. The molecular formula is C13H15NO3. The van der Waals surface area contributed by atoms with Gasteiger partial charge in [0.1, 0.15) is 5.75 Å². The van der Waals surface area contributed by atoms with Gasteiger partial charge >= 0.3 is 5.97 Å². The van der Waals surface area contributed by atoms with E-state index in [0.717, 1.165) is 16.7 Å². The molecule has 0 aliphatic carbocycles. The van der Waals surface area contributed by atoms with Gasteiger partial charge in [0.05, 0.1) is 20.6 Å². The van der Waals surface area contributed by atoms with Crippen molar-refractivity contribution in [1.82, 2.24) is 4.57 Å². The standard InChI is InChI=1S/C13H15NO3/c1-16-11-3-4-12-10(9-11)5-7-14(12)8-6-13(15)17-2/h3-5,7,9H,6,8H2,1-2H3. The Morgan fingerprint density at radius 3 is 2.82 bits per heavy atom. The molecule has 0 unspecified atom stereocenters. The van der Waals surface area contributed by atoms with Crippen LogP contribution in [0.3, 0.4) is 0 Å². The van der Waals surface area contributed by atoms with Gasteiger partial charge in [-0.1, -0.05) is 0 Å². The highest BCUT2D eigenvalue weighted by Crippen LogP contribution is 2.21. The normalized spacial score (nSPS) is 10.5. The highest BCUT2D eigenvalue weighted by Gasteiger charge is 2.05. The van der Waals surface area contributed by atoms with Crippen molar-refractivity contribution in [1.29, 1.82) is 0 Å². The van der Waals surface area contributed by atoms with Crippen molar-refractivity contribution in [3.63, 3.8) is 0 Å². The summed E-state index contributed by atoms with van der Waals surface area (Å²) in [5, 5.41) is 1.11. The molecule has 2 aromatic rings. The molecule has 4 nitrogen and oxygen atoms in total. The number of hydrogen-bond acceptors (Lipinski definition) is 3. The summed E-state index contributed by atoms with van der Waals surface area (Å²) in [6, 6.07) is 7.89. The van der Waals surface area contributed by atoms with Gasteiger partial charge in [0.25, 0.3) is 0 Å². The van der Waals surface area contributed by atoms with Crippen molar-refractivity contribution in [3.8, 4) is 5.75 Å². The van der Waals surface area contributed by atoms with Crippen LogP contribution in [0.15, 0.2) is 30.5 Å². The second-order valence-electron chi connectivity index (χ2n) is 3.76. The maximum atomic E-state index is 11.1. The van der Waals surface area contributed by atoms with Crippen LogP contribution < -0.4 is 4.74 Å². The fourth-order valence-corrected chi connectivity index (χ4v) is 1.81.